The van der Waals surface area contributed by atoms with Crippen LogP contribution in [0.1, 0.15) is 45.1 Å². The number of hydrogen-bond acceptors (Lipinski definition) is 7. The lowest BCUT2D eigenvalue weighted by Crippen LogP contribution is -2.45. The third kappa shape index (κ3) is 7.06. The molecule has 1 aromatic carbocycles. The lowest BCUT2D eigenvalue weighted by molar-refractivity contribution is 0.0949. The number of hydrazine groups is 1. The number of carbonyl (C=O) groups is 1. The maximum Gasteiger partial charge on any atom is 0.252 e. The molecule has 9 nitrogen and oxygen atoms in total. The number of nitrogens with one attached hydrogen (secondary N) is 4. The molecular formula is C29H35ClN8OS. The summed E-state index contributed by atoms with van der Waals surface area (Å²) in [5.74, 6) is 0.185. The molecular weight excluding hydrogens is 544 g/mol. The molecule has 0 saturated carbocycles. The zero-order valence-electron chi connectivity index (χ0n) is 22.6. The minimum Gasteiger partial charge on any atom is -0.352 e. The first-order valence-electron chi connectivity index (χ1n) is 13.7. The third-order valence-electron chi connectivity index (χ3n) is 7.49. The molecule has 0 bridgehead atoms. The van der Waals surface area contributed by atoms with Crippen LogP contribution in [0.5, 0.6) is 0 Å². The normalized spacial score (nSPS) is 17.2. The van der Waals surface area contributed by atoms with Crippen molar-refractivity contribution in [2.75, 3.05) is 51.7 Å². The van der Waals surface area contributed by atoms with Crippen molar-refractivity contribution in [1.82, 2.24) is 35.8 Å². The Labute approximate surface area is 245 Å². The van der Waals surface area contributed by atoms with Crippen molar-refractivity contribution >= 4 is 40.7 Å². The number of nitrogens with zero attached hydrogens (tertiary/aromatic N) is 4. The lowest BCUT2D eigenvalue weighted by atomic mass is 9.96. The van der Waals surface area contributed by atoms with E-state index in [4.69, 9.17) is 23.8 Å². The fourth-order valence-electron chi connectivity index (χ4n) is 5.17. The number of amides is 1. The highest BCUT2D eigenvalue weighted by molar-refractivity contribution is 7.80. The van der Waals surface area contributed by atoms with Gasteiger partial charge in [0.05, 0.1) is 16.6 Å². The number of rotatable bonds is 8. The van der Waals surface area contributed by atoms with Gasteiger partial charge >= 0.3 is 0 Å². The highest BCUT2D eigenvalue weighted by atomic mass is 35.5. The van der Waals surface area contributed by atoms with Crippen molar-refractivity contribution in [2.24, 2.45) is 0 Å². The first-order chi connectivity index (χ1) is 19.5. The summed E-state index contributed by atoms with van der Waals surface area (Å²) in [6.07, 6.45) is 8.04. The van der Waals surface area contributed by atoms with Crippen LogP contribution < -0.4 is 21.5 Å². The minimum atomic E-state index is -0.191. The number of piperazine rings is 1. The molecule has 1 unspecified atom stereocenters. The van der Waals surface area contributed by atoms with Gasteiger partial charge in [0, 0.05) is 56.9 Å². The van der Waals surface area contributed by atoms with E-state index in [1.54, 1.807) is 6.07 Å². The van der Waals surface area contributed by atoms with Crippen LogP contribution in [0.15, 0.2) is 55.0 Å². The zero-order chi connectivity index (χ0) is 27.9. The Morgan fingerprint density at radius 2 is 1.85 bits per heavy atom. The molecule has 3 aromatic rings. The van der Waals surface area contributed by atoms with Crippen LogP contribution in [0.25, 0.3) is 0 Å². The van der Waals surface area contributed by atoms with Crippen molar-refractivity contribution in [3.63, 3.8) is 0 Å². The Balaban J connectivity index is 1.13. The van der Waals surface area contributed by atoms with Gasteiger partial charge in [0.2, 0.25) is 0 Å². The number of benzene rings is 1. The van der Waals surface area contributed by atoms with Crippen LogP contribution in [0, 0.1) is 0 Å². The molecule has 210 valence electrons. The standard InChI is InChI=1S/C29H35ClN8OS/c1-37-13-15-38(16-14-37)12-4-10-32-28(39)22-17-25(30)27(33-18-22)35-36-29(40)34-26-23-6-3-2-5-20(23)7-8-21-9-11-31-19-24(21)26/h2-3,5-6,9,11,17-19,26H,4,7-8,10,12-16H2,1H3,(H,32,39)(H,33,35)(H2,34,36,40). The largest absolute Gasteiger partial charge is 0.352 e. The molecule has 1 fully saturated rings. The Kier molecular flexibility index (Phi) is 9.43. The summed E-state index contributed by atoms with van der Waals surface area (Å²) in [5.41, 5.74) is 11.2. The fraction of sp³-hybridized carbons (Fsp3) is 0.379. The third-order valence-corrected chi connectivity index (χ3v) is 8.00. The second kappa shape index (κ2) is 13.4. The van der Waals surface area contributed by atoms with E-state index in [1.165, 1.54) is 22.9 Å². The van der Waals surface area contributed by atoms with E-state index in [0.717, 1.165) is 57.5 Å². The average molecular weight is 579 g/mol. The number of hydrogen-bond donors (Lipinski definition) is 4. The topological polar surface area (TPSA) is 97.5 Å². The highest BCUT2D eigenvalue weighted by Crippen LogP contribution is 2.32. The first kappa shape index (κ1) is 28.2. The van der Waals surface area contributed by atoms with Crippen molar-refractivity contribution in [2.45, 2.75) is 25.3 Å². The number of anilines is 1. The van der Waals surface area contributed by atoms with Crippen LogP contribution in [-0.2, 0) is 12.8 Å². The number of thiocarbonyl (C=S) groups is 1. The van der Waals surface area contributed by atoms with Gasteiger partial charge in [-0.1, -0.05) is 35.9 Å². The predicted octanol–water partition coefficient (Wildman–Crippen LogP) is 3.18. The molecule has 0 spiro atoms. The Morgan fingerprint density at radius 1 is 1.07 bits per heavy atom. The quantitative estimate of drug-likeness (QED) is 0.182. The Hall–Kier alpha value is -3.31. The fourth-order valence-corrected chi connectivity index (χ4v) is 5.56. The zero-order valence-corrected chi connectivity index (χ0v) is 24.2. The molecule has 1 aliphatic carbocycles. The van der Waals surface area contributed by atoms with Crippen LogP contribution in [-0.4, -0.2) is 77.1 Å². The molecule has 1 saturated heterocycles. The summed E-state index contributed by atoms with van der Waals surface area (Å²) in [7, 11) is 2.15. The summed E-state index contributed by atoms with van der Waals surface area (Å²) in [5, 5.41) is 7.09. The number of pyridine rings is 2. The van der Waals surface area contributed by atoms with Crippen LogP contribution in [0.2, 0.25) is 5.02 Å². The van der Waals surface area contributed by atoms with Crippen molar-refractivity contribution in [3.8, 4) is 0 Å². The van der Waals surface area contributed by atoms with Crippen molar-refractivity contribution < 1.29 is 4.79 Å². The Bertz CT molecular complexity index is 1300. The predicted molar refractivity (Wildman–Crippen MR) is 163 cm³/mol. The summed E-state index contributed by atoms with van der Waals surface area (Å²) in [6, 6.07) is 11.9. The molecule has 1 amide bonds. The molecule has 3 heterocycles. The van der Waals surface area contributed by atoms with E-state index in [1.807, 2.05) is 18.5 Å². The number of likely N-dealkylation sites (N-methyl/N-ethyl adjacent to an activating group) is 1. The maximum absolute atomic E-state index is 12.6. The van der Waals surface area contributed by atoms with E-state index in [-0.39, 0.29) is 11.9 Å². The maximum atomic E-state index is 12.6. The number of fused-ring (bicyclic) bond motifs is 2. The van der Waals surface area contributed by atoms with E-state index in [0.29, 0.717) is 28.1 Å². The summed E-state index contributed by atoms with van der Waals surface area (Å²) >= 11 is 12.1. The second-order valence-electron chi connectivity index (χ2n) is 10.2. The summed E-state index contributed by atoms with van der Waals surface area (Å²) in [6.45, 7) is 5.91. The van der Waals surface area contributed by atoms with Gasteiger partial charge in [0.1, 0.15) is 0 Å². The van der Waals surface area contributed by atoms with Gasteiger partial charge < -0.3 is 20.4 Å². The monoisotopic (exact) mass is 578 g/mol. The second-order valence-corrected chi connectivity index (χ2v) is 11.1. The van der Waals surface area contributed by atoms with E-state index in [9.17, 15) is 4.79 Å². The SMILES string of the molecule is CN1CCN(CCCNC(=O)c2cnc(NNC(=S)NC3c4ccccc4CCc4ccncc43)c(Cl)c2)CC1. The van der Waals surface area contributed by atoms with E-state index < -0.39 is 0 Å². The summed E-state index contributed by atoms with van der Waals surface area (Å²) < 4.78 is 0. The Morgan fingerprint density at radius 3 is 2.65 bits per heavy atom. The van der Waals surface area contributed by atoms with Gasteiger partial charge in [-0.15, -0.1) is 0 Å². The van der Waals surface area contributed by atoms with Crippen LogP contribution in [0.4, 0.5) is 5.82 Å². The molecule has 2 aliphatic rings. The lowest BCUT2D eigenvalue weighted by Gasteiger charge is -2.32. The van der Waals surface area contributed by atoms with E-state index >= 15 is 0 Å². The number of carbonyl (C=O) groups excluding carboxylic acids is 1. The van der Waals surface area contributed by atoms with Crippen molar-refractivity contribution in [1.29, 1.82) is 0 Å². The summed E-state index contributed by atoms with van der Waals surface area (Å²) in [4.78, 5) is 26.1. The smallest absolute Gasteiger partial charge is 0.252 e. The van der Waals surface area contributed by atoms with Crippen LogP contribution >= 0.6 is 23.8 Å². The number of aryl methyl sites for hydroxylation is 2. The van der Waals surface area contributed by atoms with Gasteiger partial charge in [-0.05, 0) is 73.9 Å². The van der Waals surface area contributed by atoms with Crippen molar-refractivity contribution in [3.05, 3.63) is 87.8 Å². The molecule has 2 aromatic heterocycles. The highest BCUT2D eigenvalue weighted by Gasteiger charge is 2.24. The van der Waals surface area contributed by atoms with Gasteiger partial charge in [-0.2, -0.15) is 0 Å². The molecule has 0 radical (unpaired) electrons. The van der Waals surface area contributed by atoms with Crippen LogP contribution in [0.3, 0.4) is 0 Å². The average Bonchev–Trinajstić information content (AvgIpc) is 3.12. The molecule has 11 heteroatoms. The number of halogens is 1. The molecule has 5 rings (SSSR count). The first-order valence-corrected chi connectivity index (χ1v) is 14.4. The molecule has 1 atom stereocenters. The van der Waals surface area contributed by atoms with Gasteiger partial charge in [-0.3, -0.25) is 20.6 Å². The molecule has 1 aliphatic heterocycles. The minimum absolute atomic E-state index is 0.144. The molecule has 40 heavy (non-hydrogen) atoms. The van der Waals surface area contributed by atoms with E-state index in [2.05, 4.69) is 72.6 Å². The number of aromatic nitrogens is 2. The van der Waals surface area contributed by atoms with Gasteiger partial charge in [-0.25, -0.2) is 4.98 Å². The van der Waals surface area contributed by atoms with Gasteiger partial charge in [0.25, 0.3) is 5.91 Å². The van der Waals surface area contributed by atoms with Gasteiger partial charge in [0.15, 0.2) is 10.9 Å². The molecule has 4 N–H and O–H groups in total.